The Morgan fingerprint density at radius 3 is 2.62 bits per heavy atom. The van der Waals surface area contributed by atoms with Gasteiger partial charge in [-0.1, -0.05) is 30.3 Å². The lowest BCUT2D eigenvalue weighted by Crippen LogP contribution is -2.41. The second-order valence-corrected chi connectivity index (χ2v) is 5.69. The average Bonchev–Trinajstić information content (AvgIpc) is 3.07. The second-order valence-electron chi connectivity index (χ2n) is 5.69. The summed E-state index contributed by atoms with van der Waals surface area (Å²) in [5.74, 6) is -1.47. The molecule has 0 radical (unpaired) electrons. The van der Waals surface area contributed by atoms with Gasteiger partial charge in [0.05, 0.1) is 6.54 Å². The minimum atomic E-state index is -1.02. The Balaban J connectivity index is 1.86. The quantitative estimate of drug-likeness (QED) is 0.904. The molecule has 1 saturated heterocycles. The molecule has 2 heterocycles. The van der Waals surface area contributed by atoms with Crippen molar-refractivity contribution >= 4 is 11.9 Å². The lowest BCUT2D eigenvalue weighted by Gasteiger charge is -2.21. The summed E-state index contributed by atoms with van der Waals surface area (Å²) >= 11 is 0. The van der Waals surface area contributed by atoms with Gasteiger partial charge in [0.2, 0.25) is 0 Å². The summed E-state index contributed by atoms with van der Waals surface area (Å²) in [6.45, 7) is 0.637. The zero-order chi connectivity index (χ0) is 17.1. The van der Waals surface area contributed by atoms with Crippen LogP contribution in [0.5, 0.6) is 0 Å². The molecule has 2 aromatic rings. The SMILES string of the molecule is O=C(O)[C@@H]1CCCN1C(=O)c1ccc(=O)n(Cc2ccccc2)n1. The van der Waals surface area contributed by atoms with Gasteiger partial charge in [-0.15, -0.1) is 0 Å². The highest BCUT2D eigenvalue weighted by atomic mass is 16.4. The number of aromatic nitrogens is 2. The normalized spacial score (nSPS) is 17.0. The highest BCUT2D eigenvalue weighted by Gasteiger charge is 2.35. The van der Waals surface area contributed by atoms with E-state index in [2.05, 4.69) is 5.10 Å². The van der Waals surface area contributed by atoms with E-state index in [1.165, 1.54) is 21.7 Å². The fourth-order valence-corrected chi connectivity index (χ4v) is 2.85. The van der Waals surface area contributed by atoms with Gasteiger partial charge in [-0.2, -0.15) is 5.10 Å². The summed E-state index contributed by atoms with van der Waals surface area (Å²) in [5, 5.41) is 13.3. The van der Waals surface area contributed by atoms with Crippen LogP contribution in [0.2, 0.25) is 0 Å². The molecule has 1 aliphatic heterocycles. The van der Waals surface area contributed by atoms with Crippen LogP contribution in [0.15, 0.2) is 47.3 Å². The topological polar surface area (TPSA) is 92.5 Å². The first-order valence-corrected chi connectivity index (χ1v) is 7.72. The van der Waals surface area contributed by atoms with Gasteiger partial charge in [-0.05, 0) is 24.5 Å². The molecule has 3 rings (SSSR count). The van der Waals surface area contributed by atoms with Gasteiger partial charge in [-0.25, -0.2) is 9.48 Å². The van der Waals surface area contributed by atoms with Crippen molar-refractivity contribution in [2.75, 3.05) is 6.54 Å². The van der Waals surface area contributed by atoms with Crippen molar-refractivity contribution in [3.63, 3.8) is 0 Å². The lowest BCUT2D eigenvalue weighted by molar-refractivity contribution is -0.141. The Morgan fingerprint density at radius 1 is 1.17 bits per heavy atom. The lowest BCUT2D eigenvalue weighted by atomic mass is 10.2. The summed E-state index contributed by atoms with van der Waals surface area (Å²) in [6, 6.07) is 11.1. The molecule has 1 aromatic carbocycles. The number of hydrogen-bond donors (Lipinski definition) is 1. The predicted molar refractivity (Wildman–Crippen MR) is 85.7 cm³/mol. The molecule has 7 nitrogen and oxygen atoms in total. The summed E-state index contributed by atoms with van der Waals surface area (Å²) < 4.78 is 1.22. The molecular formula is C17H17N3O4. The van der Waals surface area contributed by atoms with Gasteiger partial charge < -0.3 is 10.0 Å². The summed E-state index contributed by atoms with van der Waals surface area (Å²) in [6.07, 6.45) is 1.08. The Morgan fingerprint density at radius 2 is 1.92 bits per heavy atom. The van der Waals surface area contributed by atoms with Crippen molar-refractivity contribution in [2.45, 2.75) is 25.4 Å². The van der Waals surface area contributed by atoms with E-state index in [0.717, 1.165) is 5.56 Å². The first-order chi connectivity index (χ1) is 11.6. The van der Waals surface area contributed by atoms with E-state index >= 15 is 0 Å². The number of amides is 1. The van der Waals surface area contributed by atoms with Gasteiger partial charge >= 0.3 is 5.97 Å². The Bertz CT molecular complexity index is 816. The Hall–Kier alpha value is -2.96. The fraction of sp³-hybridized carbons (Fsp3) is 0.294. The minimum Gasteiger partial charge on any atom is -0.480 e. The van der Waals surface area contributed by atoms with Crippen LogP contribution in [0.25, 0.3) is 0 Å². The van der Waals surface area contributed by atoms with Crippen LogP contribution in [0, 0.1) is 0 Å². The van der Waals surface area contributed by atoms with Crippen LogP contribution >= 0.6 is 0 Å². The standard InChI is InChI=1S/C17H17N3O4/c21-15-9-8-13(16(22)19-10-4-7-14(19)17(23)24)18-20(15)11-12-5-2-1-3-6-12/h1-3,5-6,8-9,14H,4,7,10-11H2,(H,23,24)/t14-/m0/s1. The third-order valence-electron chi connectivity index (χ3n) is 4.06. The van der Waals surface area contributed by atoms with Gasteiger partial charge in [0.25, 0.3) is 11.5 Å². The van der Waals surface area contributed by atoms with Crippen molar-refractivity contribution < 1.29 is 14.7 Å². The Labute approximate surface area is 138 Å². The summed E-state index contributed by atoms with van der Waals surface area (Å²) in [4.78, 5) is 37.1. The molecule has 0 unspecified atom stereocenters. The van der Waals surface area contributed by atoms with Crippen LogP contribution in [-0.4, -0.2) is 44.3 Å². The zero-order valence-corrected chi connectivity index (χ0v) is 13.0. The first kappa shape index (κ1) is 15.9. The number of aliphatic carboxylic acids is 1. The summed E-state index contributed by atoms with van der Waals surface area (Å²) in [7, 11) is 0. The molecule has 1 fully saturated rings. The van der Waals surface area contributed by atoms with Crippen LogP contribution < -0.4 is 5.56 Å². The number of carbonyl (C=O) groups is 2. The van der Waals surface area contributed by atoms with Crippen molar-refractivity contribution in [1.82, 2.24) is 14.7 Å². The molecule has 7 heteroatoms. The summed E-state index contributed by atoms with van der Waals surface area (Å²) in [5.41, 5.74) is 0.659. The molecule has 24 heavy (non-hydrogen) atoms. The van der Waals surface area contributed by atoms with Gasteiger partial charge in [0.1, 0.15) is 11.7 Å². The number of likely N-dealkylation sites (tertiary alicyclic amines) is 1. The molecule has 124 valence electrons. The maximum atomic E-state index is 12.6. The molecule has 1 aromatic heterocycles. The maximum absolute atomic E-state index is 12.6. The molecule has 1 amide bonds. The van der Waals surface area contributed by atoms with Crippen molar-refractivity contribution in [2.24, 2.45) is 0 Å². The molecule has 0 saturated carbocycles. The Kier molecular flexibility index (Phi) is 4.41. The number of nitrogens with zero attached hydrogens (tertiary/aromatic N) is 3. The van der Waals surface area contributed by atoms with Crippen molar-refractivity contribution in [1.29, 1.82) is 0 Å². The molecule has 1 atom stereocenters. The van der Waals surface area contributed by atoms with E-state index in [9.17, 15) is 19.5 Å². The van der Waals surface area contributed by atoms with Crippen LogP contribution in [-0.2, 0) is 11.3 Å². The zero-order valence-electron chi connectivity index (χ0n) is 13.0. The highest BCUT2D eigenvalue weighted by Crippen LogP contribution is 2.19. The number of carboxylic acid groups (broad SMARTS) is 1. The molecule has 0 bridgehead atoms. The van der Waals surface area contributed by atoms with E-state index in [1.807, 2.05) is 30.3 Å². The highest BCUT2D eigenvalue weighted by molar-refractivity contribution is 5.95. The fourth-order valence-electron chi connectivity index (χ4n) is 2.85. The maximum Gasteiger partial charge on any atom is 0.326 e. The van der Waals surface area contributed by atoms with Gasteiger partial charge in [0.15, 0.2) is 0 Å². The molecular weight excluding hydrogens is 310 g/mol. The van der Waals surface area contributed by atoms with Crippen LogP contribution in [0.4, 0.5) is 0 Å². The smallest absolute Gasteiger partial charge is 0.326 e. The predicted octanol–water partition coefficient (Wildman–Crippen LogP) is 0.981. The molecule has 0 spiro atoms. The monoisotopic (exact) mass is 327 g/mol. The van der Waals surface area contributed by atoms with Crippen molar-refractivity contribution in [3.8, 4) is 0 Å². The van der Waals surface area contributed by atoms with E-state index in [0.29, 0.717) is 19.4 Å². The van der Waals surface area contributed by atoms with Crippen molar-refractivity contribution in [3.05, 3.63) is 64.1 Å². The number of hydrogen-bond acceptors (Lipinski definition) is 4. The largest absolute Gasteiger partial charge is 0.480 e. The number of carboxylic acids is 1. The second kappa shape index (κ2) is 6.66. The molecule has 1 aliphatic rings. The van der Waals surface area contributed by atoms with Crippen LogP contribution in [0.3, 0.4) is 0 Å². The van der Waals surface area contributed by atoms with E-state index in [4.69, 9.17) is 0 Å². The molecule has 1 N–H and O–H groups in total. The number of rotatable bonds is 4. The molecule has 0 aliphatic carbocycles. The minimum absolute atomic E-state index is 0.0821. The van der Waals surface area contributed by atoms with Crippen LogP contribution in [0.1, 0.15) is 28.9 Å². The number of carbonyl (C=O) groups excluding carboxylic acids is 1. The van der Waals surface area contributed by atoms with Gasteiger partial charge in [-0.3, -0.25) is 9.59 Å². The first-order valence-electron chi connectivity index (χ1n) is 7.72. The third kappa shape index (κ3) is 3.19. The van der Waals surface area contributed by atoms with E-state index < -0.39 is 17.9 Å². The average molecular weight is 327 g/mol. The van der Waals surface area contributed by atoms with E-state index in [1.54, 1.807) is 0 Å². The van der Waals surface area contributed by atoms with Gasteiger partial charge in [0, 0.05) is 12.6 Å². The third-order valence-corrected chi connectivity index (χ3v) is 4.06. The number of benzene rings is 1. The van der Waals surface area contributed by atoms with E-state index in [-0.39, 0.29) is 17.8 Å².